The van der Waals surface area contributed by atoms with Crippen LogP contribution < -0.4 is 15.4 Å². The number of aldehydes is 1. The fourth-order valence-corrected chi connectivity index (χ4v) is 3.71. The third kappa shape index (κ3) is 11.0. The van der Waals surface area contributed by atoms with E-state index in [-0.39, 0.29) is 18.0 Å². The fourth-order valence-electron chi connectivity index (χ4n) is 3.53. The first kappa shape index (κ1) is 34.2. The van der Waals surface area contributed by atoms with Gasteiger partial charge in [-0.15, -0.1) is 0 Å². The maximum absolute atomic E-state index is 12.7. The van der Waals surface area contributed by atoms with E-state index in [4.69, 9.17) is 21.4 Å². The number of nitrogens with one attached hydrogen (secondary N) is 2. The van der Waals surface area contributed by atoms with Gasteiger partial charge in [-0.05, 0) is 93.6 Å². The van der Waals surface area contributed by atoms with Crippen LogP contribution in [-0.2, 0) is 0 Å². The number of carboxylic acids is 1. The average Bonchev–Trinajstić information content (AvgIpc) is 3.34. The molecule has 3 N–H and O–H groups in total. The van der Waals surface area contributed by atoms with Crippen LogP contribution in [0.15, 0.2) is 72.8 Å². The second-order valence-electron chi connectivity index (χ2n) is 8.79. The summed E-state index contributed by atoms with van der Waals surface area (Å²) in [4.78, 5) is 44.5. The van der Waals surface area contributed by atoms with Crippen LogP contribution in [0, 0.1) is 19.7 Å². The van der Waals surface area contributed by atoms with Gasteiger partial charge in [-0.2, -0.15) is 5.10 Å². The van der Waals surface area contributed by atoms with E-state index in [1.54, 1.807) is 63.4 Å². The highest BCUT2D eigenvalue weighted by Gasteiger charge is 2.12. The lowest BCUT2D eigenvalue weighted by Crippen LogP contribution is -2.33. The molecule has 43 heavy (non-hydrogen) atoms. The highest BCUT2D eigenvalue weighted by atomic mass is 35.5. The molecule has 0 atom stereocenters. The first-order chi connectivity index (χ1) is 20.5. The van der Waals surface area contributed by atoms with Gasteiger partial charge in [0.2, 0.25) is 0 Å². The molecule has 4 aromatic rings. The van der Waals surface area contributed by atoms with Gasteiger partial charge >= 0.3 is 5.97 Å². The van der Waals surface area contributed by atoms with Gasteiger partial charge in [-0.25, -0.2) is 13.9 Å². The molecule has 226 valence electrons. The van der Waals surface area contributed by atoms with Crippen LogP contribution in [0.25, 0.3) is 0 Å². The molecule has 0 spiro atoms. The maximum atomic E-state index is 12.7. The molecule has 12 heteroatoms. The van der Waals surface area contributed by atoms with Gasteiger partial charge in [0.1, 0.15) is 17.9 Å². The number of rotatable bonds is 8. The molecule has 3 aromatic carbocycles. The summed E-state index contributed by atoms with van der Waals surface area (Å²) in [6.45, 7) is 5.96. The van der Waals surface area contributed by atoms with Crippen molar-refractivity contribution < 1.29 is 33.4 Å². The van der Waals surface area contributed by atoms with Crippen molar-refractivity contribution in [2.45, 2.75) is 20.8 Å². The second kappa shape index (κ2) is 17.0. The number of hydrogen-bond acceptors (Lipinski definition) is 7. The van der Waals surface area contributed by atoms with Crippen molar-refractivity contribution >= 4 is 41.4 Å². The van der Waals surface area contributed by atoms with E-state index in [1.807, 2.05) is 6.92 Å². The minimum Gasteiger partial charge on any atom is -0.494 e. The highest BCUT2D eigenvalue weighted by Crippen LogP contribution is 2.20. The van der Waals surface area contributed by atoms with E-state index in [9.17, 15) is 23.6 Å². The summed E-state index contributed by atoms with van der Waals surface area (Å²) in [7, 11) is 1.65. The SMILES string of the molecule is CCOc1ccc(C=O)cc1.CNc1cc(Cl)ccc1C(=O)O.Cc1cc(C)n(C(=O)CNC(=O)c2ccc(F)cc2)n1. The Balaban J connectivity index is 0.000000241. The lowest BCUT2D eigenvalue weighted by Gasteiger charge is -2.06. The molecule has 10 nitrogen and oxygen atoms in total. The molecular weight excluding hydrogens is 579 g/mol. The number of nitrogens with zero attached hydrogens (tertiary/aromatic N) is 2. The minimum atomic E-state index is -0.962. The maximum Gasteiger partial charge on any atom is 0.337 e. The van der Waals surface area contributed by atoms with Crippen molar-refractivity contribution in [3.63, 3.8) is 0 Å². The summed E-state index contributed by atoms with van der Waals surface area (Å²) in [6, 6.07) is 18.5. The quantitative estimate of drug-likeness (QED) is 0.216. The van der Waals surface area contributed by atoms with Gasteiger partial charge in [0.15, 0.2) is 0 Å². The first-order valence-corrected chi connectivity index (χ1v) is 13.4. The van der Waals surface area contributed by atoms with Crippen LogP contribution >= 0.6 is 11.6 Å². The fraction of sp³-hybridized carbons (Fsp3) is 0.194. The first-order valence-electron chi connectivity index (χ1n) is 13.0. The molecule has 0 fully saturated rings. The number of ether oxygens (including phenoxy) is 1. The standard InChI is InChI=1S/C14H14FN3O2.C9H10O2.C8H8ClNO2/c1-9-7-10(2)18(17-9)13(19)8-16-14(20)11-3-5-12(15)6-4-11;1-2-11-9-5-3-8(7-10)4-6-9;1-10-7-4-5(9)2-3-6(7)8(11)12/h3-7H,8H2,1-2H3,(H,16,20);3-7H,2H2,1H3;2-4,10H,1H3,(H,11,12). The lowest BCUT2D eigenvalue weighted by molar-refractivity contribution is 0.0697. The van der Waals surface area contributed by atoms with E-state index >= 15 is 0 Å². The summed E-state index contributed by atoms with van der Waals surface area (Å²) in [5, 5.41) is 18.5. The third-order valence-corrected chi connectivity index (χ3v) is 5.80. The molecule has 0 saturated heterocycles. The zero-order chi connectivity index (χ0) is 31.9. The van der Waals surface area contributed by atoms with Gasteiger partial charge in [-0.3, -0.25) is 14.4 Å². The van der Waals surface area contributed by atoms with Crippen molar-refractivity contribution in [3.05, 3.63) is 112 Å². The van der Waals surface area contributed by atoms with E-state index < -0.39 is 17.7 Å². The zero-order valence-electron chi connectivity index (χ0n) is 24.1. The van der Waals surface area contributed by atoms with E-state index in [1.165, 1.54) is 35.0 Å². The largest absolute Gasteiger partial charge is 0.494 e. The highest BCUT2D eigenvalue weighted by molar-refractivity contribution is 6.31. The van der Waals surface area contributed by atoms with Crippen LogP contribution in [0.5, 0.6) is 5.75 Å². The Morgan fingerprint density at radius 3 is 2.19 bits per heavy atom. The molecule has 0 unspecified atom stereocenters. The monoisotopic (exact) mass is 610 g/mol. The number of aryl methyl sites for hydroxylation is 2. The summed E-state index contributed by atoms with van der Waals surface area (Å²) >= 11 is 5.67. The Hall–Kier alpha value is -5.03. The molecule has 0 saturated carbocycles. The van der Waals surface area contributed by atoms with Crippen molar-refractivity contribution in [2.24, 2.45) is 0 Å². The molecule has 1 aromatic heterocycles. The van der Waals surface area contributed by atoms with Crippen LogP contribution in [0.1, 0.15) is 54.2 Å². The molecule has 0 aliphatic heterocycles. The molecule has 0 aliphatic rings. The van der Waals surface area contributed by atoms with Crippen molar-refractivity contribution in [1.29, 1.82) is 0 Å². The van der Waals surface area contributed by atoms with Crippen LogP contribution in [0.3, 0.4) is 0 Å². The van der Waals surface area contributed by atoms with E-state index in [0.717, 1.165) is 17.7 Å². The van der Waals surface area contributed by atoms with Gasteiger partial charge in [0.25, 0.3) is 11.8 Å². The Labute approximate surface area is 253 Å². The Morgan fingerprint density at radius 1 is 1.02 bits per heavy atom. The van der Waals surface area contributed by atoms with Gasteiger partial charge < -0.3 is 20.5 Å². The number of hydrogen-bond donors (Lipinski definition) is 3. The van der Waals surface area contributed by atoms with E-state index in [2.05, 4.69) is 15.7 Å². The number of benzene rings is 3. The Bertz CT molecular complexity index is 1540. The van der Waals surface area contributed by atoms with Crippen molar-refractivity contribution in [1.82, 2.24) is 15.1 Å². The molecule has 1 heterocycles. The third-order valence-electron chi connectivity index (χ3n) is 5.56. The number of carbonyl (C=O) groups excluding carboxylic acids is 3. The normalized spacial score (nSPS) is 9.81. The molecule has 4 rings (SSSR count). The van der Waals surface area contributed by atoms with Gasteiger partial charge in [0.05, 0.1) is 24.4 Å². The predicted octanol–water partition coefficient (Wildman–Crippen LogP) is 5.69. The predicted molar refractivity (Wildman–Crippen MR) is 162 cm³/mol. The van der Waals surface area contributed by atoms with Crippen LogP contribution in [-0.4, -0.2) is 59.2 Å². The minimum absolute atomic E-state index is 0.168. The van der Waals surface area contributed by atoms with E-state index in [0.29, 0.717) is 34.1 Å². The van der Waals surface area contributed by atoms with Crippen LogP contribution in [0.2, 0.25) is 5.02 Å². The van der Waals surface area contributed by atoms with Gasteiger partial charge in [0, 0.05) is 34.6 Å². The lowest BCUT2D eigenvalue weighted by atomic mass is 10.2. The Kier molecular flexibility index (Phi) is 13.5. The van der Waals surface area contributed by atoms with Crippen molar-refractivity contribution in [2.75, 3.05) is 25.5 Å². The number of halogens is 2. The number of amides is 1. The number of carbonyl (C=O) groups is 4. The van der Waals surface area contributed by atoms with Crippen LogP contribution in [0.4, 0.5) is 10.1 Å². The number of aromatic nitrogens is 2. The summed E-state index contributed by atoms with van der Waals surface area (Å²) in [5.41, 5.74) is 3.17. The van der Waals surface area contributed by atoms with Crippen molar-refractivity contribution in [3.8, 4) is 5.75 Å². The molecule has 0 aliphatic carbocycles. The number of aromatic carboxylic acids is 1. The molecule has 1 amide bonds. The summed E-state index contributed by atoms with van der Waals surface area (Å²) < 4.78 is 19.2. The Morgan fingerprint density at radius 2 is 1.67 bits per heavy atom. The number of carboxylic acid groups (broad SMARTS) is 1. The zero-order valence-corrected chi connectivity index (χ0v) is 24.8. The molecule has 0 radical (unpaired) electrons. The smallest absolute Gasteiger partial charge is 0.337 e. The van der Waals surface area contributed by atoms with Gasteiger partial charge in [-0.1, -0.05) is 11.6 Å². The number of anilines is 1. The second-order valence-corrected chi connectivity index (χ2v) is 9.22. The summed E-state index contributed by atoms with van der Waals surface area (Å²) in [5.74, 6) is -1.33. The average molecular weight is 611 g/mol. The summed E-state index contributed by atoms with van der Waals surface area (Å²) in [6.07, 6.45) is 0.815. The topological polar surface area (TPSA) is 140 Å². The molecular formula is C31H32ClFN4O6. The molecule has 0 bridgehead atoms.